The van der Waals surface area contributed by atoms with Crippen molar-refractivity contribution < 1.29 is 17.5 Å². The summed E-state index contributed by atoms with van der Waals surface area (Å²) in [5.74, 6) is -0.264. The van der Waals surface area contributed by atoms with E-state index in [-0.39, 0.29) is 34.4 Å². The number of aromatic nitrogens is 3. The number of halogens is 1. The summed E-state index contributed by atoms with van der Waals surface area (Å²) in [4.78, 5) is 18.7. The fraction of sp³-hybridized carbons (Fsp3) is 0.485. The van der Waals surface area contributed by atoms with Crippen LogP contribution in [0.5, 0.6) is 6.01 Å². The molecular formula is C33H39FN6O3S. The predicted octanol–water partition coefficient (Wildman–Crippen LogP) is 5.06. The van der Waals surface area contributed by atoms with Gasteiger partial charge in [-0.25, -0.2) is 17.9 Å². The lowest BCUT2D eigenvalue weighted by molar-refractivity contribution is 0.108. The van der Waals surface area contributed by atoms with Gasteiger partial charge in [-0.05, 0) is 80.3 Å². The number of fused-ring (bicyclic) bond motifs is 3. The Bertz CT molecular complexity index is 1820. The molecule has 9 nitrogen and oxygen atoms in total. The van der Waals surface area contributed by atoms with Gasteiger partial charge in [0, 0.05) is 24.8 Å². The van der Waals surface area contributed by atoms with Crippen LogP contribution in [-0.2, 0) is 16.4 Å². The molecule has 11 heteroatoms. The van der Waals surface area contributed by atoms with Gasteiger partial charge >= 0.3 is 6.01 Å². The largest absolute Gasteiger partial charge is 0.461 e. The molecule has 4 aromatic rings. The Morgan fingerprint density at radius 2 is 1.84 bits per heavy atom. The van der Waals surface area contributed by atoms with Crippen molar-refractivity contribution in [3.63, 3.8) is 0 Å². The topological polar surface area (TPSA) is 115 Å². The van der Waals surface area contributed by atoms with E-state index in [1.807, 2.05) is 35.2 Å². The second-order valence-electron chi connectivity index (χ2n) is 12.7. The maximum atomic E-state index is 16.8. The van der Waals surface area contributed by atoms with Gasteiger partial charge in [0.05, 0.1) is 16.7 Å². The number of benzene rings is 2. The minimum absolute atomic E-state index is 0.0222. The van der Waals surface area contributed by atoms with Crippen molar-refractivity contribution in [3.05, 3.63) is 54.0 Å². The van der Waals surface area contributed by atoms with Crippen LogP contribution in [0.4, 0.5) is 10.2 Å². The summed E-state index contributed by atoms with van der Waals surface area (Å²) in [5.41, 5.74) is 2.21. The van der Waals surface area contributed by atoms with Crippen LogP contribution in [0.25, 0.3) is 32.9 Å². The molecule has 5 heterocycles. The number of hydrogen-bond acceptors (Lipinski definition) is 8. The summed E-state index contributed by atoms with van der Waals surface area (Å²) < 4.78 is 47.0. The van der Waals surface area contributed by atoms with E-state index in [1.165, 1.54) is 0 Å². The Labute approximate surface area is 257 Å². The Hall–Kier alpha value is -3.41. The van der Waals surface area contributed by atoms with Gasteiger partial charge in [0.2, 0.25) is 10.0 Å². The SMILES string of the molecule is CCc1cccc2cccc(-c3ncc4c(N5CCCC(CS(N)(=O)=O)C5)nc(OCC56CCCN5CCC6)nc4c3F)c12. The minimum atomic E-state index is -3.64. The van der Waals surface area contributed by atoms with Crippen LogP contribution in [0.2, 0.25) is 0 Å². The number of rotatable bonds is 8. The zero-order valence-electron chi connectivity index (χ0n) is 25.1. The van der Waals surface area contributed by atoms with Crippen LogP contribution in [0.1, 0.15) is 51.0 Å². The molecule has 3 fully saturated rings. The molecule has 2 aromatic heterocycles. The van der Waals surface area contributed by atoms with Gasteiger partial charge in [-0.2, -0.15) is 9.97 Å². The first-order chi connectivity index (χ1) is 21.2. The highest BCUT2D eigenvalue weighted by molar-refractivity contribution is 7.89. The van der Waals surface area contributed by atoms with E-state index >= 15 is 4.39 Å². The van der Waals surface area contributed by atoms with Gasteiger partial charge in [-0.3, -0.25) is 9.88 Å². The van der Waals surface area contributed by atoms with Crippen molar-refractivity contribution in [2.45, 2.75) is 57.4 Å². The van der Waals surface area contributed by atoms with Crippen molar-refractivity contribution in [2.24, 2.45) is 11.1 Å². The van der Waals surface area contributed by atoms with Crippen molar-refractivity contribution >= 4 is 37.5 Å². The predicted molar refractivity (Wildman–Crippen MR) is 171 cm³/mol. The molecule has 3 saturated heterocycles. The van der Waals surface area contributed by atoms with Crippen LogP contribution in [0.15, 0.2) is 42.6 Å². The third kappa shape index (κ3) is 5.39. The summed E-state index contributed by atoms with van der Waals surface area (Å²) in [6.07, 6.45) is 8.38. The van der Waals surface area contributed by atoms with E-state index in [0.29, 0.717) is 30.9 Å². The smallest absolute Gasteiger partial charge is 0.319 e. The molecule has 7 rings (SSSR count). The number of anilines is 1. The Balaban J connectivity index is 1.34. The van der Waals surface area contributed by atoms with E-state index in [4.69, 9.17) is 14.9 Å². The van der Waals surface area contributed by atoms with Crippen LogP contribution < -0.4 is 14.8 Å². The molecule has 1 atom stereocenters. The van der Waals surface area contributed by atoms with Gasteiger partial charge in [0.1, 0.15) is 23.6 Å². The van der Waals surface area contributed by atoms with E-state index in [2.05, 4.69) is 27.9 Å². The number of aryl methyl sites for hydroxylation is 1. The number of pyridine rings is 1. The number of piperidine rings is 1. The Morgan fingerprint density at radius 1 is 1.07 bits per heavy atom. The standard InChI is InChI=1S/C33H39FN6O3S/c1-2-23-9-3-10-24-11-4-12-25(27(23)24)29-28(34)30-26(18-36-29)31(39-15-5-8-22(19-39)20-44(35,41)42)38-32(37-30)43-21-33-13-6-16-40(33)17-7-14-33/h3-4,9-12,18,22H,2,5-8,13-17,19-21H2,1H3,(H2,35,41,42). The molecule has 0 bridgehead atoms. The van der Waals surface area contributed by atoms with Gasteiger partial charge < -0.3 is 9.64 Å². The van der Waals surface area contributed by atoms with Crippen molar-refractivity contribution in [3.8, 4) is 17.3 Å². The average molecular weight is 619 g/mol. The molecule has 3 aliphatic heterocycles. The average Bonchev–Trinajstić information content (AvgIpc) is 3.59. The first-order valence-electron chi connectivity index (χ1n) is 15.8. The number of nitrogens with two attached hydrogens (primary N) is 1. The maximum absolute atomic E-state index is 16.8. The summed E-state index contributed by atoms with van der Waals surface area (Å²) >= 11 is 0. The van der Waals surface area contributed by atoms with Crippen LogP contribution >= 0.6 is 0 Å². The van der Waals surface area contributed by atoms with E-state index in [0.717, 1.165) is 79.9 Å². The van der Waals surface area contributed by atoms with Crippen LogP contribution in [0.3, 0.4) is 0 Å². The molecule has 2 N–H and O–H groups in total. The molecule has 0 saturated carbocycles. The molecule has 0 amide bonds. The molecule has 1 unspecified atom stereocenters. The monoisotopic (exact) mass is 618 g/mol. The van der Waals surface area contributed by atoms with Crippen molar-refractivity contribution in [1.82, 2.24) is 19.9 Å². The molecule has 0 radical (unpaired) electrons. The zero-order valence-corrected chi connectivity index (χ0v) is 26.0. The summed E-state index contributed by atoms with van der Waals surface area (Å²) in [6, 6.07) is 12.1. The number of sulfonamides is 1. The maximum Gasteiger partial charge on any atom is 0.319 e. The lowest BCUT2D eigenvalue weighted by Crippen LogP contribution is -2.43. The van der Waals surface area contributed by atoms with Crippen molar-refractivity contribution in [1.29, 1.82) is 0 Å². The molecular weight excluding hydrogens is 579 g/mol. The van der Waals surface area contributed by atoms with E-state index in [1.54, 1.807) is 6.20 Å². The first-order valence-corrected chi connectivity index (χ1v) is 17.5. The minimum Gasteiger partial charge on any atom is -0.461 e. The normalized spacial score (nSPS) is 20.4. The van der Waals surface area contributed by atoms with E-state index in [9.17, 15) is 8.42 Å². The van der Waals surface area contributed by atoms with Crippen LogP contribution in [-0.4, -0.2) is 72.3 Å². The van der Waals surface area contributed by atoms with Gasteiger partial charge in [-0.15, -0.1) is 0 Å². The van der Waals surface area contributed by atoms with Crippen molar-refractivity contribution in [2.75, 3.05) is 43.4 Å². The highest BCUT2D eigenvalue weighted by atomic mass is 32.2. The molecule has 44 heavy (non-hydrogen) atoms. The fourth-order valence-electron chi connectivity index (χ4n) is 7.81. The zero-order chi connectivity index (χ0) is 30.5. The van der Waals surface area contributed by atoms with Gasteiger partial charge in [0.15, 0.2) is 5.82 Å². The van der Waals surface area contributed by atoms with Gasteiger partial charge in [-0.1, -0.05) is 43.3 Å². The summed E-state index contributed by atoms with van der Waals surface area (Å²) in [5, 5.41) is 7.89. The van der Waals surface area contributed by atoms with E-state index < -0.39 is 15.8 Å². The quantitative estimate of drug-likeness (QED) is 0.292. The number of primary sulfonamides is 1. The lowest BCUT2D eigenvalue weighted by atomic mass is 9.95. The summed E-state index contributed by atoms with van der Waals surface area (Å²) in [7, 11) is -3.64. The second kappa shape index (κ2) is 11.5. The Morgan fingerprint density at radius 3 is 2.59 bits per heavy atom. The number of ether oxygens (including phenoxy) is 1. The fourth-order valence-corrected chi connectivity index (χ4v) is 8.74. The third-order valence-electron chi connectivity index (χ3n) is 9.84. The molecule has 0 aliphatic carbocycles. The molecule has 232 valence electrons. The van der Waals surface area contributed by atoms with Crippen LogP contribution in [0, 0.1) is 11.7 Å². The highest BCUT2D eigenvalue weighted by Crippen LogP contribution is 2.40. The van der Waals surface area contributed by atoms with Gasteiger partial charge in [0.25, 0.3) is 0 Å². The number of hydrogen-bond donors (Lipinski definition) is 1. The second-order valence-corrected chi connectivity index (χ2v) is 14.3. The summed E-state index contributed by atoms with van der Waals surface area (Å²) in [6.45, 7) is 5.77. The number of nitrogens with zero attached hydrogens (tertiary/aromatic N) is 5. The molecule has 0 spiro atoms. The Kier molecular flexibility index (Phi) is 7.66. The first kappa shape index (κ1) is 29.3. The lowest BCUT2D eigenvalue weighted by Gasteiger charge is -2.34. The third-order valence-corrected chi connectivity index (χ3v) is 10.8. The highest BCUT2D eigenvalue weighted by Gasteiger charge is 2.45. The molecule has 3 aliphatic rings. The molecule has 2 aromatic carbocycles.